The average Bonchev–Trinajstić information content (AvgIpc) is 2.04. The fourth-order valence-electron chi connectivity index (χ4n) is 0.843. The topological polar surface area (TPSA) is 63.8 Å². The third-order valence-electron chi connectivity index (χ3n) is 1.46. The van der Waals surface area contributed by atoms with Crippen molar-refractivity contribution in [2.24, 2.45) is 5.73 Å². The molecular formula is C8H12N4S. The largest absolute Gasteiger partial charge is 0.376 e. The Morgan fingerprint density at radius 2 is 2.00 bits per heavy atom. The summed E-state index contributed by atoms with van der Waals surface area (Å²) in [6.07, 6.45) is 3.34. The molecule has 5 heteroatoms. The second kappa shape index (κ2) is 4.13. The highest BCUT2D eigenvalue weighted by molar-refractivity contribution is 7.80. The van der Waals surface area contributed by atoms with Gasteiger partial charge in [-0.2, -0.15) is 0 Å². The quantitative estimate of drug-likeness (QED) is 0.697. The molecule has 0 aliphatic heterocycles. The standard InChI is InChI=1S/C8H12N4S/c1-5(2)7-10-3-6(4-11-7)12-8(9)13/h3-5H,1-2H3,(H3,9,12,13). The van der Waals surface area contributed by atoms with Gasteiger partial charge in [0.25, 0.3) is 0 Å². The second-order valence-corrected chi connectivity index (χ2v) is 3.41. The van der Waals surface area contributed by atoms with E-state index < -0.39 is 0 Å². The van der Waals surface area contributed by atoms with Gasteiger partial charge in [0.1, 0.15) is 5.82 Å². The maximum Gasteiger partial charge on any atom is 0.168 e. The predicted molar refractivity (Wildman–Crippen MR) is 56.5 cm³/mol. The SMILES string of the molecule is CC(C)c1ncc(NC(N)=S)cn1. The first-order chi connectivity index (χ1) is 6.09. The van der Waals surface area contributed by atoms with Gasteiger partial charge in [0, 0.05) is 5.92 Å². The molecule has 0 spiro atoms. The van der Waals surface area contributed by atoms with E-state index in [9.17, 15) is 0 Å². The summed E-state index contributed by atoms with van der Waals surface area (Å²) >= 11 is 4.67. The highest BCUT2D eigenvalue weighted by atomic mass is 32.1. The summed E-state index contributed by atoms with van der Waals surface area (Å²) in [5, 5.41) is 2.98. The van der Waals surface area contributed by atoms with Gasteiger partial charge in [0.2, 0.25) is 0 Å². The highest BCUT2D eigenvalue weighted by Gasteiger charge is 2.01. The molecule has 1 aromatic heterocycles. The Balaban J connectivity index is 2.75. The summed E-state index contributed by atoms with van der Waals surface area (Å²) in [5.74, 6) is 1.15. The first kappa shape index (κ1) is 9.85. The molecule has 3 N–H and O–H groups in total. The first-order valence-corrected chi connectivity index (χ1v) is 4.39. The minimum atomic E-state index is 0.223. The molecule has 70 valence electrons. The lowest BCUT2D eigenvalue weighted by Gasteiger charge is -2.05. The molecule has 1 rings (SSSR count). The summed E-state index contributed by atoms with van der Waals surface area (Å²) in [5.41, 5.74) is 6.01. The molecule has 0 aliphatic carbocycles. The summed E-state index contributed by atoms with van der Waals surface area (Å²) in [6, 6.07) is 0. The first-order valence-electron chi connectivity index (χ1n) is 3.98. The molecule has 0 bridgehead atoms. The van der Waals surface area contributed by atoms with Crippen LogP contribution in [0.2, 0.25) is 0 Å². The van der Waals surface area contributed by atoms with E-state index in [1.807, 2.05) is 13.8 Å². The zero-order valence-corrected chi connectivity index (χ0v) is 8.43. The van der Waals surface area contributed by atoms with Crippen LogP contribution < -0.4 is 11.1 Å². The Labute approximate surface area is 82.6 Å². The van der Waals surface area contributed by atoms with Crippen molar-refractivity contribution in [2.45, 2.75) is 19.8 Å². The average molecular weight is 196 g/mol. The zero-order chi connectivity index (χ0) is 9.84. The fraction of sp³-hybridized carbons (Fsp3) is 0.375. The number of anilines is 1. The van der Waals surface area contributed by atoms with Gasteiger partial charge >= 0.3 is 0 Å². The molecule has 0 fully saturated rings. The van der Waals surface area contributed by atoms with Crippen molar-refractivity contribution in [2.75, 3.05) is 5.32 Å². The van der Waals surface area contributed by atoms with Crippen molar-refractivity contribution in [3.8, 4) is 0 Å². The number of hydrogen-bond acceptors (Lipinski definition) is 3. The molecule has 0 amide bonds. The van der Waals surface area contributed by atoms with Crippen molar-refractivity contribution in [1.29, 1.82) is 0 Å². The van der Waals surface area contributed by atoms with Gasteiger partial charge in [0.05, 0.1) is 18.1 Å². The zero-order valence-electron chi connectivity index (χ0n) is 7.61. The molecule has 4 nitrogen and oxygen atoms in total. The van der Waals surface area contributed by atoms with Gasteiger partial charge in [-0.1, -0.05) is 13.8 Å². The van der Waals surface area contributed by atoms with Crippen LogP contribution in [0, 0.1) is 0 Å². The fourth-order valence-corrected chi connectivity index (χ4v) is 0.961. The smallest absolute Gasteiger partial charge is 0.168 e. The summed E-state index contributed by atoms with van der Waals surface area (Å²) < 4.78 is 0. The lowest BCUT2D eigenvalue weighted by atomic mass is 10.2. The van der Waals surface area contributed by atoms with Crippen LogP contribution >= 0.6 is 12.2 Å². The molecule has 1 aromatic rings. The second-order valence-electron chi connectivity index (χ2n) is 2.97. The minimum Gasteiger partial charge on any atom is -0.376 e. The van der Waals surface area contributed by atoms with E-state index in [4.69, 9.17) is 5.73 Å². The van der Waals surface area contributed by atoms with Crippen molar-refractivity contribution in [3.05, 3.63) is 18.2 Å². The van der Waals surface area contributed by atoms with E-state index in [0.29, 0.717) is 5.92 Å². The van der Waals surface area contributed by atoms with Gasteiger partial charge < -0.3 is 11.1 Å². The molecule has 0 unspecified atom stereocenters. The van der Waals surface area contributed by atoms with E-state index in [0.717, 1.165) is 11.5 Å². The molecule has 1 heterocycles. The number of aromatic nitrogens is 2. The summed E-state index contributed by atoms with van der Waals surface area (Å²) in [4.78, 5) is 8.28. The molecule has 13 heavy (non-hydrogen) atoms. The van der Waals surface area contributed by atoms with Crippen LogP contribution in [0.3, 0.4) is 0 Å². The molecule has 0 atom stereocenters. The maximum absolute atomic E-state index is 5.29. The Morgan fingerprint density at radius 1 is 1.46 bits per heavy atom. The lowest BCUT2D eigenvalue weighted by Crippen LogP contribution is -2.19. The third-order valence-corrected chi connectivity index (χ3v) is 1.56. The van der Waals surface area contributed by atoms with E-state index in [-0.39, 0.29) is 5.11 Å². The number of hydrogen-bond donors (Lipinski definition) is 2. The van der Waals surface area contributed by atoms with Crippen LogP contribution in [0.25, 0.3) is 0 Å². The highest BCUT2D eigenvalue weighted by Crippen LogP contribution is 2.09. The van der Waals surface area contributed by atoms with Crippen molar-refractivity contribution >= 4 is 23.0 Å². The molecule has 0 saturated heterocycles. The number of nitrogens with one attached hydrogen (secondary N) is 1. The van der Waals surface area contributed by atoms with Crippen LogP contribution in [0.1, 0.15) is 25.6 Å². The van der Waals surface area contributed by atoms with Crippen molar-refractivity contribution in [1.82, 2.24) is 9.97 Å². The number of rotatable bonds is 2. The monoisotopic (exact) mass is 196 g/mol. The molecule has 0 aliphatic rings. The van der Waals surface area contributed by atoms with E-state index in [2.05, 4.69) is 27.5 Å². The van der Waals surface area contributed by atoms with E-state index in [1.165, 1.54) is 0 Å². The van der Waals surface area contributed by atoms with Crippen LogP contribution in [0.15, 0.2) is 12.4 Å². The van der Waals surface area contributed by atoms with Gasteiger partial charge in [-0.15, -0.1) is 0 Å². The molecule has 0 saturated carbocycles. The van der Waals surface area contributed by atoms with Crippen LogP contribution in [0.5, 0.6) is 0 Å². The van der Waals surface area contributed by atoms with E-state index >= 15 is 0 Å². The third kappa shape index (κ3) is 2.95. The van der Waals surface area contributed by atoms with E-state index in [1.54, 1.807) is 12.4 Å². The lowest BCUT2D eigenvalue weighted by molar-refractivity contribution is 0.775. The van der Waals surface area contributed by atoms with Gasteiger partial charge in [0.15, 0.2) is 5.11 Å². The summed E-state index contributed by atoms with van der Waals surface area (Å²) in [6.45, 7) is 4.08. The predicted octanol–water partition coefficient (Wildman–Crippen LogP) is 1.26. The number of nitrogens with zero attached hydrogens (tertiary/aromatic N) is 2. The molecular weight excluding hydrogens is 184 g/mol. The van der Waals surface area contributed by atoms with Crippen molar-refractivity contribution in [3.63, 3.8) is 0 Å². The maximum atomic E-state index is 5.29. The van der Waals surface area contributed by atoms with Crippen LogP contribution in [-0.4, -0.2) is 15.1 Å². The Morgan fingerprint density at radius 3 is 2.38 bits per heavy atom. The Bertz CT molecular complexity index is 294. The molecule has 0 radical (unpaired) electrons. The van der Waals surface area contributed by atoms with Gasteiger partial charge in [-0.05, 0) is 12.2 Å². The minimum absolute atomic E-state index is 0.223. The van der Waals surface area contributed by atoms with Gasteiger partial charge in [-0.3, -0.25) is 0 Å². The van der Waals surface area contributed by atoms with Crippen LogP contribution in [0.4, 0.5) is 5.69 Å². The number of thiocarbonyl (C=S) groups is 1. The Hall–Kier alpha value is -1.23. The molecule has 0 aromatic carbocycles. The Kier molecular flexibility index (Phi) is 3.13. The van der Waals surface area contributed by atoms with Crippen molar-refractivity contribution < 1.29 is 0 Å². The van der Waals surface area contributed by atoms with Gasteiger partial charge in [-0.25, -0.2) is 9.97 Å². The normalized spacial score (nSPS) is 10.1. The number of nitrogens with two attached hydrogens (primary N) is 1. The summed E-state index contributed by atoms with van der Waals surface area (Å²) in [7, 11) is 0. The van der Waals surface area contributed by atoms with Crippen LogP contribution in [-0.2, 0) is 0 Å².